The molecule has 2 aromatic carbocycles. The quantitative estimate of drug-likeness (QED) is 0.387. The van der Waals surface area contributed by atoms with Crippen molar-refractivity contribution in [3.63, 3.8) is 0 Å². The van der Waals surface area contributed by atoms with E-state index in [0.29, 0.717) is 31.9 Å². The minimum atomic E-state index is -4.36. The average Bonchev–Trinajstić information content (AvgIpc) is 3.26. The molecule has 1 fully saturated rings. The summed E-state index contributed by atoms with van der Waals surface area (Å²) in [7, 11) is 0. The minimum Gasteiger partial charge on any atom is -0.368 e. The zero-order chi connectivity index (χ0) is 24.3. The number of benzene rings is 2. The fraction of sp³-hybridized carbons (Fsp3) is 0.360. The van der Waals surface area contributed by atoms with Crippen LogP contribution in [0.2, 0.25) is 0 Å². The minimum absolute atomic E-state index is 0.0000656. The van der Waals surface area contributed by atoms with Crippen LogP contribution in [0.1, 0.15) is 27.9 Å². The van der Waals surface area contributed by atoms with Crippen molar-refractivity contribution >= 4 is 34.7 Å². The Kier molecular flexibility index (Phi) is 7.52. The molecule has 0 atom stereocenters. The van der Waals surface area contributed by atoms with E-state index in [1.165, 1.54) is 28.8 Å². The number of carbonyl (C=O) groups excluding carboxylic acids is 1. The number of hydrogen-bond donors (Lipinski definition) is 0. The maximum Gasteiger partial charge on any atom is 0.416 e. The van der Waals surface area contributed by atoms with Crippen LogP contribution in [0.15, 0.2) is 52.2 Å². The van der Waals surface area contributed by atoms with Gasteiger partial charge in [-0.05, 0) is 43.2 Å². The zero-order valence-corrected chi connectivity index (χ0v) is 20.7. The van der Waals surface area contributed by atoms with E-state index in [2.05, 4.69) is 37.0 Å². The van der Waals surface area contributed by atoms with E-state index >= 15 is 0 Å². The molecule has 1 amide bonds. The molecular weight excluding hydrogens is 479 g/mol. The van der Waals surface area contributed by atoms with Crippen LogP contribution in [0.3, 0.4) is 0 Å². The van der Waals surface area contributed by atoms with E-state index in [1.54, 1.807) is 34.1 Å². The van der Waals surface area contributed by atoms with Crippen molar-refractivity contribution < 1.29 is 18.0 Å². The van der Waals surface area contributed by atoms with Crippen molar-refractivity contribution in [2.75, 3.05) is 31.1 Å². The lowest BCUT2D eigenvalue weighted by Gasteiger charge is -2.36. The molecule has 3 aromatic rings. The van der Waals surface area contributed by atoms with Crippen LogP contribution in [0.25, 0.3) is 0 Å². The van der Waals surface area contributed by atoms with Crippen LogP contribution in [0.5, 0.6) is 0 Å². The van der Waals surface area contributed by atoms with Crippen molar-refractivity contribution in [3.05, 3.63) is 75.8 Å². The Morgan fingerprint density at radius 1 is 1.09 bits per heavy atom. The van der Waals surface area contributed by atoms with Crippen LogP contribution in [-0.2, 0) is 23.1 Å². The van der Waals surface area contributed by atoms with Crippen LogP contribution >= 0.6 is 23.1 Å². The molecule has 0 unspecified atom stereocenters. The van der Waals surface area contributed by atoms with E-state index in [0.717, 1.165) is 21.9 Å². The third-order valence-electron chi connectivity index (χ3n) is 5.89. The van der Waals surface area contributed by atoms with Crippen molar-refractivity contribution in [1.82, 2.24) is 9.88 Å². The summed E-state index contributed by atoms with van der Waals surface area (Å²) in [6.45, 7) is 6.15. The van der Waals surface area contributed by atoms with Gasteiger partial charge in [-0.1, -0.05) is 41.6 Å². The van der Waals surface area contributed by atoms with Gasteiger partial charge in [-0.25, -0.2) is 4.98 Å². The van der Waals surface area contributed by atoms with Crippen molar-refractivity contribution in [3.8, 4) is 0 Å². The van der Waals surface area contributed by atoms with Gasteiger partial charge in [0, 0.05) is 43.0 Å². The Hall–Kier alpha value is -2.52. The number of piperazine rings is 1. The Balaban J connectivity index is 1.28. The monoisotopic (exact) mass is 505 g/mol. The molecule has 0 radical (unpaired) electrons. The second kappa shape index (κ2) is 10.4. The van der Waals surface area contributed by atoms with E-state index in [1.807, 2.05) is 10.3 Å². The lowest BCUT2D eigenvalue weighted by molar-refractivity contribution is -0.137. The van der Waals surface area contributed by atoms with Gasteiger partial charge in [0.05, 0.1) is 17.7 Å². The van der Waals surface area contributed by atoms with Crippen molar-refractivity contribution in [1.29, 1.82) is 0 Å². The number of halogens is 3. The van der Waals surface area contributed by atoms with Crippen molar-refractivity contribution in [2.24, 2.45) is 0 Å². The first-order valence-electron chi connectivity index (χ1n) is 11.0. The third kappa shape index (κ3) is 6.13. The highest BCUT2D eigenvalue weighted by molar-refractivity contribution is 8.00. The lowest BCUT2D eigenvalue weighted by Crippen LogP contribution is -2.49. The summed E-state index contributed by atoms with van der Waals surface area (Å²) in [6.07, 6.45) is -4.12. The molecule has 1 aliphatic rings. The smallest absolute Gasteiger partial charge is 0.368 e. The maximum absolute atomic E-state index is 13.0. The Morgan fingerprint density at radius 3 is 2.59 bits per heavy atom. The second-order valence-electron chi connectivity index (χ2n) is 8.42. The van der Waals surface area contributed by atoms with Gasteiger partial charge < -0.3 is 9.80 Å². The number of aryl methyl sites for hydroxylation is 2. The third-order valence-corrected chi connectivity index (χ3v) is 8.01. The zero-order valence-electron chi connectivity index (χ0n) is 19.1. The highest BCUT2D eigenvalue weighted by atomic mass is 32.2. The molecule has 0 N–H and O–H groups in total. The number of alkyl halides is 3. The first kappa shape index (κ1) is 24.6. The normalized spacial score (nSPS) is 14.5. The lowest BCUT2D eigenvalue weighted by atomic mass is 10.1. The van der Waals surface area contributed by atoms with Crippen LogP contribution in [0, 0.1) is 13.8 Å². The van der Waals surface area contributed by atoms with Crippen molar-refractivity contribution in [2.45, 2.75) is 36.5 Å². The Bertz CT molecular complexity index is 1150. The summed E-state index contributed by atoms with van der Waals surface area (Å²) in [4.78, 5) is 21.1. The Morgan fingerprint density at radius 2 is 1.85 bits per heavy atom. The Labute approximate surface area is 205 Å². The molecule has 9 heteroatoms. The molecule has 0 bridgehead atoms. The molecule has 1 aliphatic heterocycles. The molecule has 34 heavy (non-hydrogen) atoms. The van der Waals surface area contributed by atoms with Gasteiger partial charge in [-0.15, -0.1) is 11.3 Å². The first-order chi connectivity index (χ1) is 16.2. The number of aromatic nitrogens is 1. The molecule has 2 heterocycles. The number of hydrogen-bond acceptors (Lipinski definition) is 5. The molecule has 0 spiro atoms. The molecular formula is C25H26F3N3OS2. The molecule has 4 rings (SSSR count). The van der Waals surface area contributed by atoms with Gasteiger partial charge in [0.2, 0.25) is 5.91 Å². The molecule has 4 nitrogen and oxygen atoms in total. The SMILES string of the molecule is Cc1ccc(C)c(CSc2nc(CC(=O)N3CCN(c4cccc(C(F)(F)F)c4)CC3)cs2)c1. The van der Waals surface area contributed by atoms with Gasteiger partial charge in [0.1, 0.15) is 4.34 Å². The maximum atomic E-state index is 13.0. The van der Waals surface area contributed by atoms with E-state index < -0.39 is 11.7 Å². The van der Waals surface area contributed by atoms with Gasteiger partial charge in [0.25, 0.3) is 0 Å². The van der Waals surface area contributed by atoms with E-state index in [4.69, 9.17) is 0 Å². The summed E-state index contributed by atoms with van der Waals surface area (Å²) in [6, 6.07) is 11.8. The number of thiazole rings is 1. The topological polar surface area (TPSA) is 36.4 Å². The summed E-state index contributed by atoms with van der Waals surface area (Å²) in [5, 5.41) is 1.93. The number of thioether (sulfide) groups is 1. The standard InChI is InChI=1S/C25H26F3N3OS2/c1-17-6-7-18(2)19(12-17)15-33-24-29-21(16-34-24)14-23(32)31-10-8-30(9-11-31)22-5-3-4-20(13-22)25(26,27)28/h3-7,12-13,16H,8-11,14-15H2,1-2H3. The second-order valence-corrected chi connectivity index (χ2v) is 10.5. The number of carbonyl (C=O) groups is 1. The molecule has 1 aromatic heterocycles. The number of anilines is 1. The summed E-state index contributed by atoms with van der Waals surface area (Å²) in [5.41, 5.74) is 4.43. The van der Waals surface area contributed by atoms with Gasteiger partial charge in [-0.2, -0.15) is 13.2 Å². The van der Waals surface area contributed by atoms with Gasteiger partial charge in [0.15, 0.2) is 0 Å². The molecule has 0 saturated carbocycles. The predicted octanol–water partition coefficient (Wildman–Crippen LogP) is 5.96. The summed E-state index contributed by atoms with van der Waals surface area (Å²) in [5.74, 6) is 0.839. The predicted molar refractivity (Wildman–Crippen MR) is 132 cm³/mol. The van der Waals surface area contributed by atoms with Gasteiger partial charge in [-0.3, -0.25) is 4.79 Å². The number of amides is 1. The summed E-state index contributed by atoms with van der Waals surface area (Å²) < 4.78 is 39.9. The van der Waals surface area contributed by atoms with Crippen LogP contribution in [0.4, 0.5) is 18.9 Å². The molecule has 180 valence electrons. The van der Waals surface area contributed by atoms with Gasteiger partial charge >= 0.3 is 6.18 Å². The fourth-order valence-corrected chi connectivity index (χ4v) is 5.80. The van der Waals surface area contributed by atoms with E-state index in [-0.39, 0.29) is 12.3 Å². The van der Waals surface area contributed by atoms with E-state index in [9.17, 15) is 18.0 Å². The highest BCUT2D eigenvalue weighted by Gasteiger charge is 2.31. The molecule has 1 saturated heterocycles. The number of nitrogens with zero attached hydrogens (tertiary/aromatic N) is 3. The largest absolute Gasteiger partial charge is 0.416 e. The average molecular weight is 506 g/mol. The molecule has 0 aliphatic carbocycles. The summed E-state index contributed by atoms with van der Waals surface area (Å²) >= 11 is 3.23. The highest BCUT2D eigenvalue weighted by Crippen LogP contribution is 2.32. The fourth-order valence-electron chi connectivity index (χ4n) is 3.89. The first-order valence-corrected chi connectivity index (χ1v) is 12.9. The van der Waals surface area contributed by atoms with Crippen LogP contribution in [-0.4, -0.2) is 42.0 Å². The number of rotatable bonds is 6. The van der Waals surface area contributed by atoms with Crippen LogP contribution < -0.4 is 4.90 Å².